The minimum atomic E-state index is -0.676. The molecule has 1 aromatic carbocycles. The third-order valence-corrected chi connectivity index (χ3v) is 3.18. The Labute approximate surface area is 102 Å². The Morgan fingerprint density at radius 3 is 2.41 bits per heavy atom. The number of aliphatic hydroxyl groups excluding tert-OH is 2. The third kappa shape index (κ3) is 3.43. The molecule has 0 saturated carbocycles. The molecule has 0 saturated heterocycles. The van der Waals surface area contributed by atoms with Gasteiger partial charge in [-0.3, -0.25) is 0 Å². The van der Waals surface area contributed by atoms with Crippen LogP contribution in [0.2, 0.25) is 0 Å². The summed E-state index contributed by atoms with van der Waals surface area (Å²) in [6.45, 7) is 3.60. The predicted octanol–water partition coefficient (Wildman–Crippen LogP) is 1.18. The van der Waals surface area contributed by atoms with Crippen LogP contribution in [0, 0.1) is 0 Å². The zero-order valence-corrected chi connectivity index (χ0v) is 10.3. The molecule has 4 N–H and O–H groups in total. The molecule has 0 heterocycles. The van der Waals surface area contributed by atoms with Gasteiger partial charge < -0.3 is 20.6 Å². The Kier molecular flexibility index (Phi) is 4.93. The van der Waals surface area contributed by atoms with Crippen molar-refractivity contribution in [1.29, 1.82) is 0 Å². The lowest BCUT2D eigenvalue weighted by Crippen LogP contribution is -2.52. The molecule has 0 amide bonds. The van der Waals surface area contributed by atoms with Crippen molar-refractivity contribution in [2.45, 2.75) is 31.8 Å². The maximum atomic E-state index is 9.41. The van der Waals surface area contributed by atoms with Gasteiger partial charge in [-0.1, -0.05) is 19.1 Å². The van der Waals surface area contributed by atoms with Crippen LogP contribution in [0.5, 0.6) is 5.75 Å². The molecular weight excluding hydrogens is 218 g/mol. The highest BCUT2D eigenvalue weighted by Gasteiger charge is 2.28. The number of phenolic OH excluding ortho intramolecular Hbond substituents is 1. The quantitative estimate of drug-likeness (QED) is 0.601. The predicted molar refractivity (Wildman–Crippen MR) is 66.9 cm³/mol. The fourth-order valence-electron chi connectivity index (χ4n) is 1.80. The zero-order valence-electron chi connectivity index (χ0n) is 10.3. The number of aliphatic hydroxyl groups is 2. The van der Waals surface area contributed by atoms with Crippen LogP contribution in [0.3, 0.4) is 0 Å². The molecule has 4 nitrogen and oxygen atoms in total. The number of phenols is 1. The Bertz CT molecular complexity index is 342. The van der Waals surface area contributed by atoms with Crippen LogP contribution in [0.4, 0.5) is 0 Å². The molecule has 1 atom stereocenters. The molecule has 0 bridgehead atoms. The van der Waals surface area contributed by atoms with Gasteiger partial charge in [0.2, 0.25) is 0 Å². The molecule has 0 aromatic heterocycles. The minimum absolute atomic E-state index is 0.0543. The van der Waals surface area contributed by atoms with Crippen LogP contribution in [-0.4, -0.2) is 34.1 Å². The zero-order chi connectivity index (χ0) is 12.9. The summed E-state index contributed by atoms with van der Waals surface area (Å²) < 4.78 is 0. The van der Waals surface area contributed by atoms with Gasteiger partial charge in [-0.25, -0.2) is 0 Å². The standard InChI is InChI=1S/C13H21NO3/c1-3-13(8-15,9-16)14-10(2)11-5-4-6-12(17)7-11/h4-7,10,14-17H,3,8-9H2,1-2H3. The van der Waals surface area contributed by atoms with Crippen molar-refractivity contribution in [3.05, 3.63) is 29.8 Å². The van der Waals surface area contributed by atoms with E-state index in [-0.39, 0.29) is 25.0 Å². The van der Waals surface area contributed by atoms with Crippen molar-refractivity contribution < 1.29 is 15.3 Å². The number of benzene rings is 1. The van der Waals surface area contributed by atoms with Crippen molar-refractivity contribution in [3.8, 4) is 5.75 Å². The summed E-state index contributed by atoms with van der Waals surface area (Å²) in [5, 5.41) is 31.3. The topological polar surface area (TPSA) is 72.7 Å². The molecule has 0 aliphatic carbocycles. The van der Waals surface area contributed by atoms with Crippen molar-refractivity contribution in [2.24, 2.45) is 0 Å². The first kappa shape index (κ1) is 14.0. The molecular formula is C13H21NO3. The van der Waals surface area contributed by atoms with Crippen LogP contribution in [-0.2, 0) is 0 Å². The minimum Gasteiger partial charge on any atom is -0.508 e. The average Bonchev–Trinajstić information content (AvgIpc) is 2.36. The molecule has 0 fully saturated rings. The van der Waals surface area contributed by atoms with Gasteiger partial charge in [0.1, 0.15) is 5.75 Å². The average molecular weight is 239 g/mol. The summed E-state index contributed by atoms with van der Waals surface area (Å²) in [6.07, 6.45) is 0.628. The van der Waals surface area contributed by atoms with E-state index >= 15 is 0 Å². The molecule has 0 aliphatic rings. The van der Waals surface area contributed by atoms with Gasteiger partial charge >= 0.3 is 0 Å². The molecule has 96 valence electrons. The highest BCUT2D eigenvalue weighted by Crippen LogP contribution is 2.21. The van der Waals surface area contributed by atoms with E-state index < -0.39 is 5.54 Å². The van der Waals surface area contributed by atoms with Gasteiger partial charge in [0.15, 0.2) is 0 Å². The molecule has 1 unspecified atom stereocenters. The van der Waals surface area contributed by atoms with E-state index in [1.807, 2.05) is 19.9 Å². The van der Waals surface area contributed by atoms with E-state index in [0.29, 0.717) is 6.42 Å². The van der Waals surface area contributed by atoms with Crippen molar-refractivity contribution in [2.75, 3.05) is 13.2 Å². The summed E-state index contributed by atoms with van der Waals surface area (Å²) in [5.41, 5.74) is 0.245. The van der Waals surface area contributed by atoms with Crippen LogP contribution >= 0.6 is 0 Å². The maximum Gasteiger partial charge on any atom is 0.115 e. The van der Waals surface area contributed by atoms with Crippen LogP contribution in [0.15, 0.2) is 24.3 Å². The molecule has 0 aliphatic heterocycles. The number of aromatic hydroxyl groups is 1. The lowest BCUT2D eigenvalue weighted by molar-refractivity contribution is 0.0793. The van der Waals surface area contributed by atoms with Crippen LogP contribution in [0.1, 0.15) is 31.9 Å². The summed E-state index contributed by atoms with van der Waals surface area (Å²) in [7, 11) is 0. The first-order chi connectivity index (χ1) is 8.06. The molecule has 0 radical (unpaired) electrons. The second-order valence-corrected chi connectivity index (χ2v) is 4.41. The van der Waals surface area contributed by atoms with Gasteiger partial charge in [-0.05, 0) is 31.0 Å². The fraction of sp³-hybridized carbons (Fsp3) is 0.538. The number of rotatable bonds is 6. The SMILES string of the molecule is CCC(CO)(CO)NC(C)c1cccc(O)c1. The molecule has 1 rings (SSSR count). The lowest BCUT2D eigenvalue weighted by atomic mass is 9.95. The van der Waals surface area contributed by atoms with Crippen LogP contribution < -0.4 is 5.32 Å². The van der Waals surface area contributed by atoms with E-state index in [1.54, 1.807) is 18.2 Å². The summed E-state index contributed by atoms with van der Waals surface area (Å²) in [6, 6.07) is 6.90. The molecule has 1 aromatic rings. The second kappa shape index (κ2) is 6.00. The van der Waals surface area contributed by atoms with Crippen molar-refractivity contribution in [1.82, 2.24) is 5.32 Å². The van der Waals surface area contributed by atoms with Crippen LogP contribution in [0.25, 0.3) is 0 Å². The second-order valence-electron chi connectivity index (χ2n) is 4.41. The van der Waals surface area contributed by atoms with E-state index in [0.717, 1.165) is 5.56 Å². The number of hydrogen-bond donors (Lipinski definition) is 4. The van der Waals surface area contributed by atoms with Gasteiger partial charge in [0, 0.05) is 6.04 Å². The Hall–Kier alpha value is -1.10. The smallest absolute Gasteiger partial charge is 0.115 e. The number of hydrogen-bond acceptors (Lipinski definition) is 4. The summed E-state index contributed by atoms with van der Waals surface area (Å²) >= 11 is 0. The molecule has 4 heteroatoms. The van der Waals surface area contributed by atoms with E-state index in [1.165, 1.54) is 0 Å². The fourth-order valence-corrected chi connectivity index (χ4v) is 1.80. The van der Waals surface area contributed by atoms with Gasteiger partial charge in [0.05, 0.1) is 18.8 Å². The Balaban J connectivity index is 2.80. The lowest BCUT2D eigenvalue weighted by Gasteiger charge is -2.33. The largest absolute Gasteiger partial charge is 0.508 e. The molecule has 0 spiro atoms. The van der Waals surface area contributed by atoms with E-state index in [2.05, 4.69) is 5.32 Å². The first-order valence-electron chi connectivity index (χ1n) is 5.85. The monoisotopic (exact) mass is 239 g/mol. The summed E-state index contributed by atoms with van der Waals surface area (Å²) in [4.78, 5) is 0. The third-order valence-electron chi connectivity index (χ3n) is 3.18. The number of nitrogens with one attached hydrogen (secondary N) is 1. The van der Waals surface area contributed by atoms with E-state index in [4.69, 9.17) is 0 Å². The van der Waals surface area contributed by atoms with Gasteiger partial charge in [-0.15, -0.1) is 0 Å². The van der Waals surface area contributed by atoms with E-state index in [9.17, 15) is 15.3 Å². The summed E-state index contributed by atoms with van der Waals surface area (Å²) in [5.74, 6) is 0.214. The Morgan fingerprint density at radius 2 is 1.94 bits per heavy atom. The highest BCUT2D eigenvalue weighted by molar-refractivity contribution is 5.29. The van der Waals surface area contributed by atoms with Gasteiger partial charge in [0.25, 0.3) is 0 Å². The maximum absolute atomic E-state index is 9.41. The van der Waals surface area contributed by atoms with Gasteiger partial charge in [-0.2, -0.15) is 0 Å². The van der Waals surface area contributed by atoms with Crippen molar-refractivity contribution >= 4 is 0 Å². The normalized spacial score (nSPS) is 13.6. The molecule has 17 heavy (non-hydrogen) atoms. The first-order valence-corrected chi connectivity index (χ1v) is 5.85. The Morgan fingerprint density at radius 1 is 1.29 bits per heavy atom. The highest BCUT2D eigenvalue weighted by atomic mass is 16.3. The van der Waals surface area contributed by atoms with Crippen molar-refractivity contribution in [3.63, 3.8) is 0 Å².